The minimum absolute atomic E-state index is 0.0872. The summed E-state index contributed by atoms with van der Waals surface area (Å²) in [6.07, 6.45) is 3.14. The molecule has 2 aliphatic heterocycles. The summed E-state index contributed by atoms with van der Waals surface area (Å²) in [7, 11) is -3.56. The van der Waals surface area contributed by atoms with Crippen LogP contribution in [0.15, 0.2) is 51.9 Å². The van der Waals surface area contributed by atoms with Gasteiger partial charge in [0.15, 0.2) is 0 Å². The molecular weight excluding hydrogens is 514 g/mol. The van der Waals surface area contributed by atoms with Crippen molar-refractivity contribution in [2.24, 2.45) is 5.92 Å². The van der Waals surface area contributed by atoms with E-state index in [0.717, 1.165) is 31.5 Å². The standard InChI is InChI=1S/C26H30ClN5O4S/c1-18-4-9-22(16-23(18)37(34,35)32-12-2-3-13-32)28-26(33)20-10-14-31(15-11-20)17-24-29-25(30-36-24)19-5-7-21(27)8-6-19/h4-9,16,20H,2-3,10-15,17H2,1H3,(H,28,33). The Bertz CT molecular complexity index is 1360. The Kier molecular flexibility index (Phi) is 7.62. The molecule has 1 amide bonds. The third-order valence-electron chi connectivity index (χ3n) is 7.03. The number of carbonyl (C=O) groups is 1. The van der Waals surface area contributed by atoms with E-state index >= 15 is 0 Å². The van der Waals surface area contributed by atoms with Gasteiger partial charge in [-0.15, -0.1) is 0 Å². The molecule has 0 radical (unpaired) electrons. The number of nitrogens with zero attached hydrogens (tertiary/aromatic N) is 4. The number of nitrogens with one attached hydrogen (secondary N) is 1. The molecule has 3 heterocycles. The molecule has 3 aromatic rings. The Labute approximate surface area is 221 Å². The number of likely N-dealkylation sites (tertiary alicyclic amines) is 1. The van der Waals surface area contributed by atoms with E-state index in [1.165, 1.54) is 4.31 Å². The number of halogens is 1. The number of hydrogen-bond acceptors (Lipinski definition) is 7. The molecule has 2 saturated heterocycles. The summed E-state index contributed by atoms with van der Waals surface area (Å²) < 4.78 is 33.1. The van der Waals surface area contributed by atoms with Crippen LogP contribution in [0.3, 0.4) is 0 Å². The molecular formula is C26H30ClN5O4S. The van der Waals surface area contributed by atoms with E-state index in [1.54, 1.807) is 37.3 Å². The predicted octanol–water partition coefficient (Wildman–Crippen LogP) is 4.33. The number of piperidine rings is 1. The van der Waals surface area contributed by atoms with Crippen LogP contribution < -0.4 is 5.32 Å². The summed E-state index contributed by atoms with van der Waals surface area (Å²) in [5, 5.41) is 7.65. The second-order valence-corrected chi connectivity index (χ2v) is 12.0. The number of amides is 1. The van der Waals surface area contributed by atoms with Gasteiger partial charge in [0.25, 0.3) is 0 Å². The fraction of sp³-hybridized carbons (Fsp3) is 0.423. The van der Waals surface area contributed by atoms with Gasteiger partial charge in [-0.1, -0.05) is 22.8 Å². The van der Waals surface area contributed by atoms with E-state index < -0.39 is 10.0 Å². The Morgan fingerprint density at radius 1 is 1.08 bits per heavy atom. The summed E-state index contributed by atoms with van der Waals surface area (Å²) >= 11 is 5.94. The van der Waals surface area contributed by atoms with Gasteiger partial charge >= 0.3 is 0 Å². The van der Waals surface area contributed by atoms with Crippen molar-refractivity contribution in [3.8, 4) is 11.4 Å². The van der Waals surface area contributed by atoms with Crippen molar-refractivity contribution in [1.29, 1.82) is 0 Å². The molecule has 0 saturated carbocycles. The van der Waals surface area contributed by atoms with Crippen LogP contribution in [-0.4, -0.2) is 59.8 Å². The Morgan fingerprint density at radius 2 is 1.78 bits per heavy atom. The van der Waals surface area contributed by atoms with Gasteiger partial charge in [0.2, 0.25) is 27.6 Å². The lowest BCUT2D eigenvalue weighted by Gasteiger charge is -2.30. The van der Waals surface area contributed by atoms with Gasteiger partial charge in [0, 0.05) is 35.3 Å². The number of carbonyl (C=O) groups excluding carboxylic acids is 1. The third-order valence-corrected chi connectivity index (χ3v) is 9.32. The number of hydrogen-bond donors (Lipinski definition) is 1. The molecule has 0 atom stereocenters. The van der Waals surface area contributed by atoms with Crippen molar-refractivity contribution < 1.29 is 17.7 Å². The topological polar surface area (TPSA) is 109 Å². The van der Waals surface area contributed by atoms with Crippen molar-refractivity contribution in [1.82, 2.24) is 19.3 Å². The largest absolute Gasteiger partial charge is 0.338 e. The van der Waals surface area contributed by atoms with E-state index in [0.29, 0.717) is 60.5 Å². The first kappa shape index (κ1) is 25.8. The van der Waals surface area contributed by atoms with Crippen molar-refractivity contribution in [3.05, 3.63) is 58.9 Å². The summed E-state index contributed by atoms with van der Waals surface area (Å²) in [5.74, 6) is 0.809. The maximum absolute atomic E-state index is 13.1. The number of rotatable bonds is 7. The summed E-state index contributed by atoms with van der Waals surface area (Å²) in [5.41, 5.74) is 2.03. The van der Waals surface area contributed by atoms with Crippen LogP contribution in [0.5, 0.6) is 0 Å². The maximum atomic E-state index is 13.1. The van der Waals surface area contributed by atoms with Crippen LogP contribution >= 0.6 is 11.6 Å². The van der Waals surface area contributed by atoms with E-state index in [2.05, 4.69) is 20.4 Å². The Hall–Kier alpha value is -2.79. The molecule has 9 nitrogen and oxygen atoms in total. The monoisotopic (exact) mass is 543 g/mol. The van der Waals surface area contributed by atoms with E-state index in [4.69, 9.17) is 16.1 Å². The molecule has 2 aromatic carbocycles. The molecule has 0 unspecified atom stereocenters. The van der Waals surface area contributed by atoms with Gasteiger partial charge in [-0.25, -0.2) is 8.42 Å². The van der Waals surface area contributed by atoms with Crippen LogP contribution in [0, 0.1) is 12.8 Å². The van der Waals surface area contributed by atoms with Crippen molar-refractivity contribution in [2.45, 2.75) is 44.0 Å². The molecule has 37 heavy (non-hydrogen) atoms. The minimum atomic E-state index is -3.56. The quantitative estimate of drug-likeness (QED) is 0.472. The highest BCUT2D eigenvalue weighted by atomic mass is 35.5. The van der Waals surface area contributed by atoms with Crippen molar-refractivity contribution >= 4 is 33.2 Å². The second kappa shape index (κ2) is 10.9. The highest BCUT2D eigenvalue weighted by Crippen LogP contribution is 2.28. The van der Waals surface area contributed by atoms with E-state index in [9.17, 15) is 13.2 Å². The normalized spacial score (nSPS) is 17.8. The average molecular weight is 544 g/mol. The van der Waals surface area contributed by atoms with Gasteiger partial charge < -0.3 is 9.84 Å². The number of benzene rings is 2. The van der Waals surface area contributed by atoms with Gasteiger partial charge in [0.05, 0.1) is 11.4 Å². The van der Waals surface area contributed by atoms with Gasteiger partial charge in [-0.05, 0) is 87.7 Å². The second-order valence-electron chi connectivity index (χ2n) is 9.65. The summed E-state index contributed by atoms with van der Waals surface area (Å²) in [4.78, 5) is 19.9. The lowest BCUT2D eigenvalue weighted by atomic mass is 9.96. The molecule has 0 aliphatic carbocycles. The molecule has 2 aliphatic rings. The maximum Gasteiger partial charge on any atom is 0.243 e. The van der Waals surface area contributed by atoms with Crippen LogP contribution in [0.25, 0.3) is 11.4 Å². The SMILES string of the molecule is Cc1ccc(NC(=O)C2CCN(Cc3nc(-c4ccc(Cl)cc4)no3)CC2)cc1S(=O)(=O)N1CCCC1. The number of aromatic nitrogens is 2. The highest BCUT2D eigenvalue weighted by Gasteiger charge is 2.30. The average Bonchev–Trinajstić information content (AvgIpc) is 3.59. The lowest BCUT2D eigenvalue weighted by molar-refractivity contribution is -0.121. The number of aryl methyl sites for hydroxylation is 1. The molecule has 2 fully saturated rings. The number of sulfonamides is 1. The zero-order valence-electron chi connectivity index (χ0n) is 20.7. The van der Waals surface area contributed by atoms with Crippen LogP contribution in [-0.2, 0) is 21.4 Å². The molecule has 196 valence electrons. The van der Waals surface area contributed by atoms with Gasteiger partial charge in [-0.2, -0.15) is 9.29 Å². The first-order chi connectivity index (χ1) is 17.8. The summed E-state index contributed by atoms with van der Waals surface area (Å²) in [6.45, 7) is 4.83. The van der Waals surface area contributed by atoms with Gasteiger partial charge in [0.1, 0.15) is 0 Å². The fourth-order valence-electron chi connectivity index (χ4n) is 4.85. The molecule has 1 N–H and O–H groups in total. The van der Waals surface area contributed by atoms with Crippen molar-refractivity contribution in [2.75, 3.05) is 31.5 Å². The lowest BCUT2D eigenvalue weighted by Crippen LogP contribution is -2.37. The van der Waals surface area contributed by atoms with Crippen LogP contribution in [0.2, 0.25) is 5.02 Å². The van der Waals surface area contributed by atoms with E-state index in [-0.39, 0.29) is 16.7 Å². The molecule has 11 heteroatoms. The van der Waals surface area contributed by atoms with E-state index in [1.807, 2.05) is 12.1 Å². The van der Waals surface area contributed by atoms with Gasteiger partial charge in [-0.3, -0.25) is 9.69 Å². The van der Waals surface area contributed by atoms with Crippen LogP contribution in [0.1, 0.15) is 37.1 Å². The van der Waals surface area contributed by atoms with Crippen LogP contribution in [0.4, 0.5) is 5.69 Å². The Morgan fingerprint density at radius 3 is 2.49 bits per heavy atom. The molecule has 0 spiro atoms. The number of anilines is 1. The predicted molar refractivity (Wildman–Crippen MR) is 141 cm³/mol. The fourth-order valence-corrected chi connectivity index (χ4v) is 6.74. The van der Waals surface area contributed by atoms with Crippen molar-refractivity contribution in [3.63, 3.8) is 0 Å². The molecule has 1 aromatic heterocycles. The smallest absolute Gasteiger partial charge is 0.243 e. The third kappa shape index (κ3) is 5.87. The zero-order chi connectivity index (χ0) is 26.0. The Balaban J connectivity index is 1.16. The zero-order valence-corrected chi connectivity index (χ0v) is 22.3. The summed E-state index contributed by atoms with van der Waals surface area (Å²) in [6, 6.07) is 12.4. The molecule has 5 rings (SSSR count). The minimum Gasteiger partial charge on any atom is -0.338 e. The molecule has 0 bridgehead atoms. The first-order valence-corrected chi connectivity index (χ1v) is 14.3. The first-order valence-electron chi connectivity index (χ1n) is 12.5. The highest BCUT2D eigenvalue weighted by molar-refractivity contribution is 7.89.